The van der Waals surface area contributed by atoms with Gasteiger partial charge in [-0.3, -0.25) is 0 Å². The molecule has 0 bridgehead atoms. The van der Waals surface area contributed by atoms with Crippen molar-refractivity contribution in [3.05, 3.63) is 10.4 Å². The molecule has 0 radical (unpaired) electrons. The highest BCUT2D eigenvalue weighted by molar-refractivity contribution is 6.32. The molecule has 0 saturated heterocycles. The zero-order chi connectivity index (χ0) is 11.3. The zero-order valence-corrected chi connectivity index (χ0v) is 9.68. The van der Waals surface area contributed by atoms with Crippen molar-refractivity contribution >= 4 is 29.0 Å². The molecule has 1 aromatic heterocycles. The Bertz CT molecular complexity index is 375. The van der Waals surface area contributed by atoms with Crippen molar-refractivity contribution in [1.29, 1.82) is 0 Å². The van der Waals surface area contributed by atoms with Crippen molar-refractivity contribution in [3.8, 4) is 12.3 Å². The SMILES string of the molecule is C#CC(CCC)Nc1nc(Cl)nnc1Cl. The van der Waals surface area contributed by atoms with Gasteiger partial charge in [-0.15, -0.1) is 16.6 Å². The van der Waals surface area contributed by atoms with Gasteiger partial charge >= 0.3 is 0 Å². The molecule has 1 unspecified atom stereocenters. The van der Waals surface area contributed by atoms with Crippen molar-refractivity contribution in [2.75, 3.05) is 5.32 Å². The molecule has 1 rings (SSSR count). The molecule has 0 aliphatic carbocycles. The number of anilines is 1. The van der Waals surface area contributed by atoms with Gasteiger partial charge in [0.25, 0.3) is 0 Å². The van der Waals surface area contributed by atoms with Crippen LogP contribution in [-0.4, -0.2) is 21.2 Å². The van der Waals surface area contributed by atoms with Crippen LogP contribution in [0.1, 0.15) is 19.8 Å². The minimum absolute atomic E-state index is 0.0363. The van der Waals surface area contributed by atoms with Gasteiger partial charge in [0.2, 0.25) is 5.28 Å². The highest BCUT2D eigenvalue weighted by atomic mass is 35.5. The third-order valence-electron chi connectivity index (χ3n) is 1.71. The van der Waals surface area contributed by atoms with Crippen LogP contribution in [0.2, 0.25) is 10.4 Å². The van der Waals surface area contributed by atoms with Crippen LogP contribution in [0.25, 0.3) is 0 Å². The maximum atomic E-state index is 5.77. The van der Waals surface area contributed by atoms with E-state index in [0.29, 0.717) is 5.82 Å². The van der Waals surface area contributed by atoms with Crippen molar-refractivity contribution in [2.24, 2.45) is 0 Å². The molecule has 0 spiro atoms. The number of nitrogens with one attached hydrogen (secondary N) is 1. The van der Waals surface area contributed by atoms with Gasteiger partial charge in [-0.1, -0.05) is 30.9 Å². The topological polar surface area (TPSA) is 50.7 Å². The standard InChI is InChI=1S/C9H10Cl2N4/c1-3-5-6(4-2)12-8-7(10)14-15-9(11)13-8/h2,6H,3,5H2,1H3,(H,12,13,15). The number of halogens is 2. The number of nitrogens with zero attached hydrogens (tertiary/aromatic N) is 3. The van der Waals surface area contributed by atoms with Gasteiger partial charge in [0.15, 0.2) is 11.0 Å². The van der Waals surface area contributed by atoms with Crippen LogP contribution in [0.15, 0.2) is 0 Å². The van der Waals surface area contributed by atoms with Gasteiger partial charge in [0, 0.05) is 0 Å². The quantitative estimate of drug-likeness (QED) is 0.827. The van der Waals surface area contributed by atoms with E-state index in [1.54, 1.807) is 0 Å². The zero-order valence-electron chi connectivity index (χ0n) is 8.17. The van der Waals surface area contributed by atoms with Crippen molar-refractivity contribution in [2.45, 2.75) is 25.8 Å². The first kappa shape index (κ1) is 12.0. The van der Waals surface area contributed by atoms with Gasteiger partial charge in [0.05, 0.1) is 6.04 Å². The summed E-state index contributed by atoms with van der Waals surface area (Å²) in [5, 5.41) is 10.3. The Hall–Kier alpha value is -1.05. The van der Waals surface area contributed by atoms with Crippen LogP contribution in [0.4, 0.5) is 5.82 Å². The summed E-state index contributed by atoms with van der Waals surface area (Å²) < 4.78 is 0. The molecule has 0 amide bonds. The molecule has 15 heavy (non-hydrogen) atoms. The molecular weight excluding hydrogens is 235 g/mol. The first-order valence-electron chi connectivity index (χ1n) is 4.45. The van der Waals surface area contributed by atoms with Crippen LogP contribution in [0, 0.1) is 12.3 Å². The minimum atomic E-state index is -0.125. The van der Waals surface area contributed by atoms with Gasteiger partial charge < -0.3 is 5.32 Å². The third kappa shape index (κ3) is 3.54. The lowest BCUT2D eigenvalue weighted by atomic mass is 10.2. The Morgan fingerprint density at radius 3 is 2.80 bits per heavy atom. The summed E-state index contributed by atoms with van der Waals surface area (Å²) in [5.41, 5.74) is 0. The molecule has 0 fully saturated rings. The molecular formula is C9H10Cl2N4. The molecule has 1 N–H and O–H groups in total. The Morgan fingerprint density at radius 2 is 2.20 bits per heavy atom. The monoisotopic (exact) mass is 244 g/mol. The Labute approximate surface area is 98.4 Å². The molecule has 6 heteroatoms. The van der Waals surface area contributed by atoms with Crippen molar-refractivity contribution in [1.82, 2.24) is 15.2 Å². The van der Waals surface area contributed by atoms with Crippen LogP contribution in [-0.2, 0) is 0 Å². The average Bonchev–Trinajstić information content (AvgIpc) is 2.22. The van der Waals surface area contributed by atoms with E-state index in [1.165, 1.54) is 0 Å². The minimum Gasteiger partial charge on any atom is -0.354 e. The summed E-state index contributed by atoms with van der Waals surface area (Å²) in [6, 6.07) is -0.125. The lowest BCUT2D eigenvalue weighted by molar-refractivity contribution is 0.750. The number of rotatable bonds is 4. The molecule has 0 aliphatic heterocycles. The van der Waals surface area contributed by atoms with E-state index in [2.05, 4.69) is 26.4 Å². The summed E-state index contributed by atoms with van der Waals surface area (Å²) >= 11 is 11.4. The molecule has 0 aromatic carbocycles. The number of aromatic nitrogens is 3. The largest absolute Gasteiger partial charge is 0.354 e. The second-order valence-corrected chi connectivity index (χ2v) is 3.57. The summed E-state index contributed by atoms with van der Waals surface area (Å²) in [4.78, 5) is 3.90. The lowest BCUT2D eigenvalue weighted by Gasteiger charge is -2.12. The fourth-order valence-electron chi connectivity index (χ4n) is 1.04. The first-order chi connectivity index (χ1) is 7.17. The summed E-state index contributed by atoms with van der Waals surface area (Å²) in [5.74, 6) is 2.97. The average molecular weight is 245 g/mol. The summed E-state index contributed by atoms with van der Waals surface area (Å²) in [7, 11) is 0. The molecule has 1 aromatic rings. The molecule has 1 atom stereocenters. The molecule has 4 nitrogen and oxygen atoms in total. The highest BCUT2D eigenvalue weighted by Crippen LogP contribution is 2.18. The second-order valence-electron chi connectivity index (χ2n) is 2.87. The van der Waals surface area contributed by atoms with E-state index in [-0.39, 0.29) is 16.5 Å². The smallest absolute Gasteiger partial charge is 0.245 e. The Balaban J connectivity index is 2.79. The molecule has 0 saturated carbocycles. The maximum absolute atomic E-state index is 5.77. The van der Waals surface area contributed by atoms with E-state index in [9.17, 15) is 0 Å². The van der Waals surface area contributed by atoms with E-state index >= 15 is 0 Å². The van der Waals surface area contributed by atoms with Crippen LogP contribution in [0.5, 0.6) is 0 Å². The second kappa shape index (κ2) is 5.74. The predicted octanol–water partition coefficient (Wildman–Crippen LogP) is 2.39. The number of hydrogen-bond donors (Lipinski definition) is 1. The number of terminal acetylenes is 1. The first-order valence-corrected chi connectivity index (χ1v) is 5.21. The summed E-state index contributed by atoms with van der Waals surface area (Å²) in [6.07, 6.45) is 7.13. The molecule has 0 aliphatic rings. The van der Waals surface area contributed by atoms with Gasteiger partial charge in [-0.05, 0) is 18.0 Å². The predicted molar refractivity (Wildman–Crippen MR) is 61.0 cm³/mol. The Morgan fingerprint density at radius 1 is 1.47 bits per heavy atom. The van der Waals surface area contributed by atoms with E-state index in [4.69, 9.17) is 29.6 Å². The highest BCUT2D eigenvalue weighted by Gasteiger charge is 2.10. The van der Waals surface area contributed by atoms with Gasteiger partial charge in [0.1, 0.15) is 0 Å². The van der Waals surface area contributed by atoms with Crippen molar-refractivity contribution < 1.29 is 0 Å². The summed E-state index contributed by atoms with van der Waals surface area (Å²) in [6.45, 7) is 2.04. The maximum Gasteiger partial charge on any atom is 0.245 e. The number of hydrogen-bond acceptors (Lipinski definition) is 4. The normalized spacial score (nSPS) is 11.9. The van der Waals surface area contributed by atoms with Crippen LogP contribution in [0.3, 0.4) is 0 Å². The van der Waals surface area contributed by atoms with Crippen molar-refractivity contribution in [3.63, 3.8) is 0 Å². The van der Waals surface area contributed by atoms with Crippen LogP contribution >= 0.6 is 23.2 Å². The third-order valence-corrected chi connectivity index (χ3v) is 2.12. The Kier molecular flexibility index (Phi) is 4.60. The van der Waals surface area contributed by atoms with E-state index in [1.807, 2.05) is 6.92 Å². The van der Waals surface area contributed by atoms with E-state index < -0.39 is 0 Å². The van der Waals surface area contributed by atoms with Crippen LogP contribution < -0.4 is 5.32 Å². The van der Waals surface area contributed by atoms with E-state index in [0.717, 1.165) is 12.8 Å². The van der Waals surface area contributed by atoms with Gasteiger partial charge in [-0.2, -0.15) is 4.98 Å². The molecule has 80 valence electrons. The lowest BCUT2D eigenvalue weighted by Crippen LogP contribution is -2.18. The van der Waals surface area contributed by atoms with Gasteiger partial charge in [-0.25, -0.2) is 0 Å². The fraction of sp³-hybridized carbons (Fsp3) is 0.444. The molecule has 1 heterocycles. The fourth-order valence-corrected chi connectivity index (χ4v) is 1.29.